The zero-order valence-electron chi connectivity index (χ0n) is 12.5. The van der Waals surface area contributed by atoms with Gasteiger partial charge in [0.15, 0.2) is 0 Å². The molecule has 2 aromatic rings. The van der Waals surface area contributed by atoms with Gasteiger partial charge >= 0.3 is 0 Å². The number of fused-ring (bicyclic) bond motifs is 3. The Morgan fingerprint density at radius 3 is 2.95 bits per heavy atom. The van der Waals surface area contributed by atoms with Crippen molar-refractivity contribution in [1.29, 1.82) is 0 Å². The molecule has 2 bridgehead atoms. The number of hydrogen-bond acceptors (Lipinski definition) is 3. The topological polar surface area (TPSA) is 28.2 Å². The molecular weight excluding hydrogens is 362 g/mol. The first-order chi connectivity index (χ1) is 10.3. The molecule has 1 aromatic carbocycles. The van der Waals surface area contributed by atoms with Gasteiger partial charge in [-0.1, -0.05) is 28.1 Å². The third kappa shape index (κ3) is 3.16. The van der Waals surface area contributed by atoms with Gasteiger partial charge in [-0.25, -0.2) is 0 Å². The maximum Gasteiger partial charge on any atom is 0.0758 e. The van der Waals surface area contributed by atoms with E-state index in [0.717, 1.165) is 22.6 Å². The highest BCUT2D eigenvalue weighted by atomic mass is 79.9. The number of benzene rings is 1. The summed E-state index contributed by atoms with van der Waals surface area (Å²) in [5.74, 6) is 0. The average molecular weight is 383 g/mol. The summed E-state index contributed by atoms with van der Waals surface area (Å²) in [7, 11) is 0. The van der Waals surface area contributed by atoms with E-state index in [9.17, 15) is 0 Å². The summed E-state index contributed by atoms with van der Waals surface area (Å²) in [6, 6.07) is 9.96. The number of rotatable bonds is 2. The van der Waals surface area contributed by atoms with Crippen LogP contribution in [0.15, 0.2) is 34.9 Å². The molecular formula is C17H21BrClN3. The lowest BCUT2D eigenvalue weighted by atomic mass is 10.1. The number of likely N-dealkylation sites (tertiary alicyclic amines) is 1. The lowest BCUT2D eigenvalue weighted by molar-refractivity contribution is 0.251. The minimum Gasteiger partial charge on any atom is -0.310 e. The highest BCUT2D eigenvalue weighted by Gasteiger charge is 2.29. The molecule has 3 nitrogen and oxygen atoms in total. The van der Waals surface area contributed by atoms with Crippen molar-refractivity contribution in [2.75, 3.05) is 13.1 Å². The van der Waals surface area contributed by atoms with Gasteiger partial charge < -0.3 is 5.32 Å². The number of halogens is 2. The van der Waals surface area contributed by atoms with Gasteiger partial charge in [0.25, 0.3) is 0 Å². The Bertz CT molecular complexity index is 663. The Hall–Kier alpha value is -0.680. The number of pyridine rings is 1. The van der Waals surface area contributed by atoms with Crippen molar-refractivity contribution in [2.45, 2.75) is 37.9 Å². The second kappa shape index (κ2) is 6.83. The van der Waals surface area contributed by atoms with Crippen LogP contribution in [-0.4, -0.2) is 35.1 Å². The second-order valence-corrected chi connectivity index (χ2v) is 7.12. The molecule has 2 saturated heterocycles. The van der Waals surface area contributed by atoms with Crippen LogP contribution >= 0.6 is 28.3 Å². The van der Waals surface area contributed by atoms with Crippen LogP contribution in [0.4, 0.5) is 0 Å². The molecule has 1 N–H and O–H groups in total. The van der Waals surface area contributed by atoms with E-state index in [2.05, 4.69) is 49.3 Å². The van der Waals surface area contributed by atoms with Gasteiger partial charge in [-0.15, -0.1) is 12.4 Å². The molecule has 2 unspecified atom stereocenters. The summed E-state index contributed by atoms with van der Waals surface area (Å²) < 4.78 is 1.13. The molecule has 22 heavy (non-hydrogen) atoms. The van der Waals surface area contributed by atoms with Gasteiger partial charge in [0, 0.05) is 47.8 Å². The Balaban J connectivity index is 0.00000144. The fraction of sp³-hybridized carbons (Fsp3) is 0.471. The number of nitrogens with one attached hydrogen (secondary N) is 1. The van der Waals surface area contributed by atoms with Crippen molar-refractivity contribution in [3.05, 3.63) is 40.5 Å². The molecule has 1 aromatic heterocycles. The molecule has 2 fully saturated rings. The maximum atomic E-state index is 4.61. The molecule has 118 valence electrons. The highest BCUT2D eigenvalue weighted by Crippen LogP contribution is 2.27. The largest absolute Gasteiger partial charge is 0.310 e. The van der Waals surface area contributed by atoms with Crippen LogP contribution in [0.3, 0.4) is 0 Å². The van der Waals surface area contributed by atoms with Crippen LogP contribution < -0.4 is 5.32 Å². The van der Waals surface area contributed by atoms with Gasteiger partial charge in [-0.3, -0.25) is 9.88 Å². The average Bonchev–Trinajstić information content (AvgIpc) is 2.84. The van der Waals surface area contributed by atoms with Crippen molar-refractivity contribution in [1.82, 2.24) is 15.2 Å². The minimum absolute atomic E-state index is 0. The maximum absolute atomic E-state index is 4.61. The van der Waals surface area contributed by atoms with Crippen molar-refractivity contribution in [3.63, 3.8) is 0 Å². The predicted molar refractivity (Wildman–Crippen MR) is 96.5 cm³/mol. The highest BCUT2D eigenvalue weighted by molar-refractivity contribution is 9.10. The number of nitrogens with zero attached hydrogens (tertiary/aromatic N) is 2. The molecule has 2 atom stereocenters. The third-order valence-electron chi connectivity index (χ3n) is 4.80. The first kappa shape index (κ1) is 16.2. The van der Waals surface area contributed by atoms with Gasteiger partial charge in [0.1, 0.15) is 0 Å². The van der Waals surface area contributed by atoms with E-state index in [-0.39, 0.29) is 12.4 Å². The van der Waals surface area contributed by atoms with Crippen molar-refractivity contribution >= 4 is 39.2 Å². The SMILES string of the molecule is Brc1ccc(CN2CCC3CCC(C2)N3)c2ncccc12.Cl. The van der Waals surface area contributed by atoms with Gasteiger partial charge in [0.2, 0.25) is 0 Å². The molecule has 0 spiro atoms. The Kier molecular flexibility index (Phi) is 5.03. The first-order valence-electron chi connectivity index (χ1n) is 7.80. The Morgan fingerprint density at radius 1 is 1.18 bits per heavy atom. The van der Waals surface area contributed by atoms with Crippen LogP contribution in [-0.2, 0) is 6.54 Å². The van der Waals surface area contributed by atoms with Crippen LogP contribution in [0, 0.1) is 0 Å². The van der Waals surface area contributed by atoms with E-state index in [1.807, 2.05) is 12.3 Å². The standard InChI is InChI=1S/C17H20BrN3.ClH/c18-16-6-3-12(17-15(16)2-1-8-19-17)10-21-9-7-13-4-5-14(11-21)20-13;/h1-3,6,8,13-14,20H,4-5,7,9-11H2;1H. The number of aromatic nitrogens is 1. The monoisotopic (exact) mass is 381 g/mol. The molecule has 2 aliphatic rings. The van der Waals surface area contributed by atoms with E-state index in [1.165, 1.54) is 43.3 Å². The summed E-state index contributed by atoms with van der Waals surface area (Å²) >= 11 is 3.63. The zero-order chi connectivity index (χ0) is 14.2. The lowest BCUT2D eigenvalue weighted by Crippen LogP contribution is -2.35. The van der Waals surface area contributed by atoms with E-state index in [0.29, 0.717) is 6.04 Å². The summed E-state index contributed by atoms with van der Waals surface area (Å²) in [4.78, 5) is 7.20. The Labute approximate surface area is 146 Å². The van der Waals surface area contributed by atoms with Crippen LogP contribution in [0.1, 0.15) is 24.8 Å². The third-order valence-corrected chi connectivity index (χ3v) is 5.49. The number of hydrogen-bond donors (Lipinski definition) is 1. The van der Waals surface area contributed by atoms with Gasteiger partial charge in [-0.05, 0) is 37.0 Å². The molecule has 2 aliphatic heterocycles. The molecule has 3 heterocycles. The van der Waals surface area contributed by atoms with E-state index in [4.69, 9.17) is 0 Å². The van der Waals surface area contributed by atoms with E-state index in [1.54, 1.807) is 0 Å². The summed E-state index contributed by atoms with van der Waals surface area (Å²) in [5.41, 5.74) is 2.47. The predicted octanol–water partition coefficient (Wildman–Crippen LogP) is 3.75. The van der Waals surface area contributed by atoms with Gasteiger partial charge in [-0.2, -0.15) is 0 Å². The molecule has 0 aliphatic carbocycles. The van der Waals surface area contributed by atoms with Crippen LogP contribution in [0.5, 0.6) is 0 Å². The molecule has 0 amide bonds. The van der Waals surface area contributed by atoms with Gasteiger partial charge in [0.05, 0.1) is 5.52 Å². The van der Waals surface area contributed by atoms with Crippen LogP contribution in [0.2, 0.25) is 0 Å². The fourth-order valence-corrected chi connectivity index (χ4v) is 4.18. The van der Waals surface area contributed by atoms with E-state index < -0.39 is 0 Å². The molecule has 5 heteroatoms. The lowest BCUT2D eigenvalue weighted by Gasteiger charge is -2.24. The minimum atomic E-state index is 0. The van der Waals surface area contributed by atoms with Crippen molar-refractivity contribution < 1.29 is 0 Å². The van der Waals surface area contributed by atoms with Crippen molar-refractivity contribution in [2.24, 2.45) is 0 Å². The first-order valence-corrected chi connectivity index (χ1v) is 8.59. The van der Waals surface area contributed by atoms with Crippen LogP contribution in [0.25, 0.3) is 10.9 Å². The fourth-order valence-electron chi connectivity index (χ4n) is 3.72. The summed E-state index contributed by atoms with van der Waals surface area (Å²) in [6.45, 7) is 3.37. The molecule has 0 radical (unpaired) electrons. The second-order valence-electron chi connectivity index (χ2n) is 6.27. The summed E-state index contributed by atoms with van der Waals surface area (Å²) in [6.07, 6.45) is 5.87. The zero-order valence-corrected chi connectivity index (χ0v) is 14.9. The Morgan fingerprint density at radius 2 is 2.05 bits per heavy atom. The quantitative estimate of drug-likeness (QED) is 0.857. The summed E-state index contributed by atoms with van der Waals surface area (Å²) in [5, 5.41) is 4.96. The molecule has 0 saturated carbocycles. The normalized spacial score (nSPS) is 25.0. The smallest absolute Gasteiger partial charge is 0.0758 e. The van der Waals surface area contributed by atoms with Crippen molar-refractivity contribution in [3.8, 4) is 0 Å². The molecule has 4 rings (SSSR count). The van der Waals surface area contributed by atoms with E-state index >= 15 is 0 Å².